The minimum atomic E-state index is -0.573. The van der Waals surface area contributed by atoms with Gasteiger partial charge < -0.3 is 34.1 Å². The third kappa shape index (κ3) is 13.0. The number of hydrogen-bond acceptors (Lipinski definition) is 7. The molecule has 7 heteroatoms. The van der Waals surface area contributed by atoms with Crippen LogP contribution in [-0.2, 0) is 14.2 Å². The second-order valence-corrected chi connectivity index (χ2v) is 7.04. The normalized spacial score (nSPS) is 13.6. The molecule has 0 radical (unpaired) electrons. The number of aryl methyl sites for hydroxylation is 1. The van der Waals surface area contributed by atoms with Crippen molar-refractivity contribution < 1.29 is 29.2 Å². The van der Waals surface area contributed by atoms with E-state index in [1.165, 1.54) is 5.56 Å². The fourth-order valence-electron chi connectivity index (χ4n) is 2.55. The Balaban J connectivity index is 1.95. The molecule has 0 saturated carbocycles. The van der Waals surface area contributed by atoms with Gasteiger partial charge in [0.25, 0.3) is 0 Å². The molecule has 2 atom stereocenters. The lowest BCUT2D eigenvalue weighted by atomic mass is 10.2. The molecule has 2 unspecified atom stereocenters. The predicted octanol–water partition coefficient (Wildman–Crippen LogP) is 1.49. The monoisotopic (exact) mass is 399 g/mol. The Labute approximate surface area is 169 Å². The van der Waals surface area contributed by atoms with E-state index in [0.717, 1.165) is 25.1 Å². The summed E-state index contributed by atoms with van der Waals surface area (Å²) in [5.74, 6) is 0.861. The number of ether oxygens (including phenoxy) is 4. The minimum Gasteiger partial charge on any atom is -0.492 e. The average molecular weight is 400 g/mol. The molecular weight excluding hydrogens is 362 g/mol. The van der Waals surface area contributed by atoms with Crippen molar-refractivity contribution in [3.63, 3.8) is 0 Å². The Kier molecular flexibility index (Phi) is 13.9. The van der Waals surface area contributed by atoms with Gasteiger partial charge in [0.1, 0.15) is 18.5 Å². The van der Waals surface area contributed by atoms with Crippen LogP contribution in [0.5, 0.6) is 5.75 Å². The van der Waals surface area contributed by atoms with Crippen molar-refractivity contribution in [3.05, 3.63) is 29.8 Å². The SMILES string of the molecule is COCC(O)COCCCCOCC(O)CN(C)CCOc1ccc(C)cc1. The molecule has 0 aliphatic heterocycles. The van der Waals surface area contributed by atoms with Gasteiger partial charge in [-0.3, -0.25) is 0 Å². The largest absolute Gasteiger partial charge is 0.492 e. The number of aliphatic hydroxyl groups excluding tert-OH is 2. The quantitative estimate of drug-likeness (QED) is 0.384. The zero-order valence-electron chi connectivity index (χ0n) is 17.5. The van der Waals surface area contributed by atoms with Crippen LogP contribution in [-0.4, -0.2) is 94.2 Å². The molecule has 0 amide bonds. The van der Waals surface area contributed by atoms with Gasteiger partial charge in [-0.2, -0.15) is 0 Å². The van der Waals surface area contributed by atoms with Crippen LogP contribution in [0.1, 0.15) is 18.4 Å². The van der Waals surface area contributed by atoms with Crippen LogP contribution in [0.25, 0.3) is 0 Å². The first-order valence-electron chi connectivity index (χ1n) is 9.89. The van der Waals surface area contributed by atoms with Crippen LogP contribution in [0.4, 0.5) is 0 Å². The lowest BCUT2D eigenvalue weighted by Gasteiger charge is -2.20. The highest BCUT2D eigenvalue weighted by molar-refractivity contribution is 5.26. The van der Waals surface area contributed by atoms with Crippen LogP contribution >= 0.6 is 0 Å². The summed E-state index contributed by atoms with van der Waals surface area (Å²) in [6.07, 6.45) is 0.611. The first kappa shape index (κ1) is 24.8. The highest BCUT2D eigenvalue weighted by atomic mass is 16.5. The molecule has 0 bridgehead atoms. The number of nitrogens with zero attached hydrogens (tertiary/aromatic N) is 1. The van der Waals surface area contributed by atoms with E-state index in [1.807, 2.05) is 43.1 Å². The van der Waals surface area contributed by atoms with E-state index < -0.39 is 12.2 Å². The van der Waals surface area contributed by atoms with Gasteiger partial charge in [0.05, 0.1) is 25.9 Å². The molecule has 0 heterocycles. The van der Waals surface area contributed by atoms with E-state index >= 15 is 0 Å². The molecule has 0 fully saturated rings. The van der Waals surface area contributed by atoms with Gasteiger partial charge in [-0.15, -0.1) is 0 Å². The smallest absolute Gasteiger partial charge is 0.119 e. The van der Waals surface area contributed by atoms with Crippen molar-refractivity contribution in [2.75, 3.05) is 66.9 Å². The standard InChI is InChI=1S/C21H37NO6/c1-18-6-8-21(9-7-18)28-13-10-22(2)14-19(23)16-26-11-4-5-12-27-17-20(24)15-25-3/h6-9,19-20,23-24H,4-5,10-17H2,1-3H3. The Bertz CT molecular complexity index is 484. The predicted molar refractivity (Wildman–Crippen MR) is 109 cm³/mol. The second-order valence-electron chi connectivity index (χ2n) is 7.04. The Morgan fingerprint density at radius 2 is 1.50 bits per heavy atom. The number of benzene rings is 1. The minimum absolute atomic E-state index is 0.285. The molecule has 1 rings (SSSR count). The molecule has 0 saturated heterocycles. The van der Waals surface area contributed by atoms with E-state index in [2.05, 4.69) is 0 Å². The first-order valence-corrected chi connectivity index (χ1v) is 9.89. The highest BCUT2D eigenvalue weighted by Crippen LogP contribution is 2.11. The molecule has 0 spiro atoms. The molecule has 1 aromatic rings. The van der Waals surface area contributed by atoms with Crippen molar-refractivity contribution in [3.8, 4) is 5.75 Å². The van der Waals surface area contributed by atoms with Crippen molar-refractivity contribution in [1.29, 1.82) is 0 Å². The van der Waals surface area contributed by atoms with Crippen LogP contribution in [0.3, 0.4) is 0 Å². The van der Waals surface area contributed by atoms with E-state index in [0.29, 0.717) is 33.0 Å². The second kappa shape index (κ2) is 15.7. The van der Waals surface area contributed by atoms with E-state index in [1.54, 1.807) is 7.11 Å². The van der Waals surface area contributed by atoms with Gasteiger partial charge in [0.15, 0.2) is 0 Å². The molecular formula is C21H37NO6. The Hall–Kier alpha value is -1.22. The number of hydrogen-bond donors (Lipinski definition) is 2. The molecule has 28 heavy (non-hydrogen) atoms. The third-order valence-electron chi connectivity index (χ3n) is 4.09. The fraction of sp³-hybridized carbons (Fsp3) is 0.714. The molecule has 7 nitrogen and oxygen atoms in total. The maximum atomic E-state index is 10.0. The summed E-state index contributed by atoms with van der Waals surface area (Å²) >= 11 is 0. The zero-order chi connectivity index (χ0) is 20.6. The summed E-state index contributed by atoms with van der Waals surface area (Å²) in [6, 6.07) is 7.98. The van der Waals surface area contributed by atoms with Gasteiger partial charge in [0, 0.05) is 33.4 Å². The van der Waals surface area contributed by atoms with Gasteiger partial charge in [-0.1, -0.05) is 17.7 Å². The van der Waals surface area contributed by atoms with Crippen LogP contribution in [0.15, 0.2) is 24.3 Å². The molecule has 2 N–H and O–H groups in total. The summed E-state index contributed by atoms with van der Waals surface area (Å²) < 4.78 is 21.4. The summed E-state index contributed by atoms with van der Waals surface area (Å²) in [5, 5.41) is 19.5. The van der Waals surface area contributed by atoms with Crippen molar-refractivity contribution in [1.82, 2.24) is 4.90 Å². The van der Waals surface area contributed by atoms with E-state index in [9.17, 15) is 10.2 Å². The fourth-order valence-corrected chi connectivity index (χ4v) is 2.55. The van der Waals surface area contributed by atoms with E-state index in [-0.39, 0.29) is 13.2 Å². The third-order valence-corrected chi connectivity index (χ3v) is 4.09. The topological polar surface area (TPSA) is 80.6 Å². The molecule has 0 aliphatic rings. The molecule has 0 aromatic heterocycles. The Morgan fingerprint density at radius 1 is 0.893 bits per heavy atom. The van der Waals surface area contributed by atoms with Gasteiger partial charge in [-0.05, 0) is 38.9 Å². The Morgan fingerprint density at radius 3 is 2.11 bits per heavy atom. The number of aliphatic hydroxyl groups is 2. The molecule has 0 aliphatic carbocycles. The first-order chi connectivity index (χ1) is 13.5. The molecule has 162 valence electrons. The van der Waals surface area contributed by atoms with Crippen molar-refractivity contribution >= 4 is 0 Å². The van der Waals surface area contributed by atoms with Crippen LogP contribution < -0.4 is 4.74 Å². The number of likely N-dealkylation sites (N-methyl/N-ethyl adjacent to an activating group) is 1. The van der Waals surface area contributed by atoms with Gasteiger partial charge in [0.2, 0.25) is 0 Å². The number of rotatable bonds is 17. The van der Waals surface area contributed by atoms with Crippen molar-refractivity contribution in [2.24, 2.45) is 0 Å². The summed E-state index contributed by atoms with van der Waals surface area (Å²) in [7, 11) is 3.50. The zero-order valence-corrected chi connectivity index (χ0v) is 17.5. The van der Waals surface area contributed by atoms with Gasteiger partial charge in [-0.25, -0.2) is 0 Å². The van der Waals surface area contributed by atoms with Crippen LogP contribution in [0.2, 0.25) is 0 Å². The van der Waals surface area contributed by atoms with Gasteiger partial charge >= 0.3 is 0 Å². The molecule has 1 aromatic carbocycles. The number of methoxy groups -OCH3 is 1. The number of unbranched alkanes of at least 4 members (excludes halogenated alkanes) is 1. The maximum absolute atomic E-state index is 10.0. The summed E-state index contributed by atoms with van der Waals surface area (Å²) in [6.45, 7) is 5.95. The summed E-state index contributed by atoms with van der Waals surface area (Å²) in [5.41, 5.74) is 1.21. The lowest BCUT2D eigenvalue weighted by molar-refractivity contribution is -0.0102. The maximum Gasteiger partial charge on any atom is 0.119 e. The summed E-state index contributed by atoms with van der Waals surface area (Å²) in [4.78, 5) is 2.03. The highest BCUT2D eigenvalue weighted by Gasteiger charge is 2.09. The van der Waals surface area contributed by atoms with E-state index in [4.69, 9.17) is 18.9 Å². The lowest BCUT2D eigenvalue weighted by Crippen LogP contribution is -2.34. The van der Waals surface area contributed by atoms with Crippen molar-refractivity contribution in [2.45, 2.75) is 32.0 Å². The average Bonchev–Trinajstić information content (AvgIpc) is 2.65. The van der Waals surface area contributed by atoms with Crippen LogP contribution in [0, 0.1) is 6.92 Å².